The summed E-state index contributed by atoms with van der Waals surface area (Å²) in [6.45, 7) is 1.51. The highest BCUT2D eigenvalue weighted by atomic mass is 16.5. The molecule has 0 unspecified atom stereocenters. The molecule has 1 aliphatic rings. The first kappa shape index (κ1) is 15.3. The molecule has 1 aromatic carbocycles. The van der Waals surface area contributed by atoms with Gasteiger partial charge in [-0.05, 0) is 43.7 Å². The minimum atomic E-state index is 0.0382. The van der Waals surface area contributed by atoms with E-state index in [4.69, 9.17) is 10.5 Å². The van der Waals surface area contributed by atoms with E-state index < -0.39 is 0 Å². The molecule has 112 valence electrons. The molecule has 0 amide bonds. The number of hydrogen-bond acceptors (Lipinski definition) is 3. The van der Waals surface area contributed by atoms with Crippen LogP contribution in [0.3, 0.4) is 0 Å². The number of para-hydroxylation sites is 1. The molecule has 1 fully saturated rings. The van der Waals surface area contributed by atoms with E-state index in [9.17, 15) is 5.11 Å². The predicted molar refractivity (Wildman–Crippen MR) is 81.8 cm³/mol. The van der Waals surface area contributed by atoms with E-state index in [-0.39, 0.29) is 6.61 Å². The molecule has 1 aromatic rings. The van der Waals surface area contributed by atoms with Gasteiger partial charge in [0.1, 0.15) is 5.75 Å². The summed E-state index contributed by atoms with van der Waals surface area (Å²) in [5, 5.41) is 9.50. The summed E-state index contributed by atoms with van der Waals surface area (Å²) >= 11 is 0. The number of aryl methyl sites for hydroxylation is 1. The fourth-order valence-corrected chi connectivity index (χ4v) is 2.99. The molecule has 0 radical (unpaired) electrons. The first-order chi connectivity index (χ1) is 9.85. The number of rotatable bonds is 7. The van der Waals surface area contributed by atoms with Crippen LogP contribution in [0.15, 0.2) is 18.2 Å². The Morgan fingerprint density at radius 2 is 1.90 bits per heavy atom. The molecule has 1 saturated carbocycles. The number of aliphatic hydroxyl groups excluding tert-OH is 1. The maximum absolute atomic E-state index is 9.50. The molecule has 0 bridgehead atoms. The van der Waals surface area contributed by atoms with Crippen LogP contribution in [0.5, 0.6) is 5.75 Å². The second-order valence-electron chi connectivity index (χ2n) is 5.77. The summed E-state index contributed by atoms with van der Waals surface area (Å²) in [7, 11) is 0. The van der Waals surface area contributed by atoms with Crippen molar-refractivity contribution in [1.82, 2.24) is 0 Å². The fraction of sp³-hybridized carbons (Fsp3) is 0.647. The van der Waals surface area contributed by atoms with Crippen molar-refractivity contribution in [1.29, 1.82) is 0 Å². The van der Waals surface area contributed by atoms with Crippen molar-refractivity contribution in [2.24, 2.45) is 11.7 Å². The van der Waals surface area contributed by atoms with Crippen LogP contribution in [0, 0.1) is 5.92 Å². The third kappa shape index (κ3) is 4.22. The van der Waals surface area contributed by atoms with E-state index >= 15 is 0 Å². The van der Waals surface area contributed by atoms with Crippen LogP contribution in [0.25, 0.3) is 0 Å². The van der Waals surface area contributed by atoms with Gasteiger partial charge in [-0.3, -0.25) is 0 Å². The minimum absolute atomic E-state index is 0.0382. The lowest BCUT2D eigenvalue weighted by atomic mass is 9.90. The van der Waals surface area contributed by atoms with Crippen molar-refractivity contribution in [3.63, 3.8) is 0 Å². The number of ether oxygens (including phenoxy) is 1. The second kappa shape index (κ2) is 8.28. The highest BCUT2D eigenvalue weighted by Gasteiger charge is 2.16. The Bertz CT molecular complexity index is 400. The van der Waals surface area contributed by atoms with Crippen molar-refractivity contribution in [2.75, 3.05) is 13.2 Å². The monoisotopic (exact) mass is 277 g/mol. The summed E-state index contributed by atoms with van der Waals surface area (Å²) in [5.74, 6) is 1.58. The molecular weight excluding hydrogens is 250 g/mol. The molecule has 3 N–H and O–H groups in total. The lowest BCUT2D eigenvalue weighted by Crippen LogP contribution is -2.16. The van der Waals surface area contributed by atoms with E-state index in [1.165, 1.54) is 37.7 Å². The lowest BCUT2D eigenvalue weighted by Gasteiger charge is -2.23. The zero-order valence-corrected chi connectivity index (χ0v) is 12.3. The standard InChI is InChI=1S/C17H27NO2/c18-11-5-10-15-8-4-9-16(12-19)17(15)20-13-14-6-2-1-3-7-14/h4,8-9,14,19H,1-3,5-7,10-13,18H2. The Balaban J connectivity index is 2.02. The molecule has 20 heavy (non-hydrogen) atoms. The first-order valence-corrected chi connectivity index (χ1v) is 7.89. The van der Waals surface area contributed by atoms with Crippen molar-refractivity contribution in [3.8, 4) is 5.75 Å². The topological polar surface area (TPSA) is 55.5 Å². The zero-order chi connectivity index (χ0) is 14.2. The van der Waals surface area contributed by atoms with E-state index in [2.05, 4.69) is 6.07 Å². The molecule has 3 nitrogen and oxygen atoms in total. The molecule has 0 spiro atoms. The van der Waals surface area contributed by atoms with Crippen LogP contribution in [-0.2, 0) is 13.0 Å². The van der Waals surface area contributed by atoms with Gasteiger partial charge < -0.3 is 15.6 Å². The molecule has 0 atom stereocenters. The molecule has 0 aromatic heterocycles. The van der Waals surface area contributed by atoms with Crippen LogP contribution in [-0.4, -0.2) is 18.3 Å². The van der Waals surface area contributed by atoms with Gasteiger partial charge in [0, 0.05) is 5.56 Å². The van der Waals surface area contributed by atoms with Gasteiger partial charge in [0.25, 0.3) is 0 Å². The Labute approximate surface area is 122 Å². The second-order valence-corrected chi connectivity index (χ2v) is 5.77. The van der Waals surface area contributed by atoms with E-state index in [1.807, 2.05) is 12.1 Å². The quantitative estimate of drug-likeness (QED) is 0.805. The number of benzene rings is 1. The Morgan fingerprint density at radius 1 is 1.15 bits per heavy atom. The molecule has 0 aliphatic heterocycles. The largest absolute Gasteiger partial charge is 0.493 e. The van der Waals surface area contributed by atoms with Crippen LogP contribution in [0.2, 0.25) is 0 Å². The molecule has 2 rings (SSSR count). The van der Waals surface area contributed by atoms with Gasteiger partial charge in [-0.2, -0.15) is 0 Å². The maximum Gasteiger partial charge on any atom is 0.127 e. The Kier molecular flexibility index (Phi) is 6.34. The SMILES string of the molecule is NCCCc1cccc(CO)c1OCC1CCCCC1. The number of hydrogen-bond donors (Lipinski definition) is 2. The van der Waals surface area contributed by atoms with Crippen LogP contribution >= 0.6 is 0 Å². The maximum atomic E-state index is 9.50. The highest BCUT2D eigenvalue weighted by molar-refractivity contribution is 5.41. The Hall–Kier alpha value is -1.06. The minimum Gasteiger partial charge on any atom is -0.493 e. The smallest absolute Gasteiger partial charge is 0.127 e. The van der Waals surface area contributed by atoms with Gasteiger partial charge in [-0.15, -0.1) is 0 Å². The van der Waals surface area contributed by atoms with E-state index in [1.54, 1.807) is 0 Å². The van der Waals surface area contributed by atoms with Crippen LogP contribution in [0.1, 0.15) is 49.7 Å². The number of nitrogens with two attached hydrogens (primary N) is 1. The summed E-state index contributed by atoms with van der Waals surface area (Å²) < 4.78 is 6.09. The van der Waals surface area contributed by atoms with Gasteiger partial charge in [0.15, 0.2) is 0 Å². The average molecular weight is 277 g/mol. The lowest BCUT2D eigenvalue weighted by molar-refractivity contribution is 0.200. The van der Waals surface area contributed by atoms with E-state index in [0.717, 1.165) is 30.8 Å². The van der Waals surface area contributed by atoms with Gasteiger partial charge in [0.05, 0.1) is 13.2 Å². The molecule has 1 aliphatic carbocycles. The molecular formula is C17H27NO2. The highest BCUT2D eigenvalue weighted by Crippen LogP contribution is 2.29. The van der Waals surface area contributed by atoms with Gasteiger partial charge in [-0.25, -0.2) is 0 Å². The van der Waals surface area contributed by atoms with Crippen molar-refractivity contribution in [3.05, 3.63) is 29.3 Å². The van der Waals surface area contributed by atoms with Gasteiger partial charge >= 0.3 is 0 Å². The van der Waals surface area contributed by atoms with E-state index in [0.29, 0.717) is 12.5 Å². The fourth-order valence-electron chi connectivity index (χ4n) is 2.99. The summed E-state index contributed by atoms with van der Waals surface area (Å²) in [5.41, 5.74) is 7.67. The van der Waals surface area contributed by atoms with Gasteiger partial charge in [-0.1, -0.05) is 37.5 Å². The van der Waals surface area contributed by atoms with Crippen molar-refractivity contribution < 1.29 is 9.84 Å². The Morgan fingerprint density at radius 3 is 2.60 bits per heavy atom. The van der Waals surface area contributed by atoms with Gasteiger partial charge in [0.2, 0.25) is 0 Å². The normalized spacial score (nSPS) is 16.3. The third-order valence-corrected chi connectivity index (χ3v) is 4.19. The van der Waals surface area contributed by atoms with Crippen LogP contribution < -0.4 is 10.5 Å². The van der Waals surface area contributed by atoms with Crippen molar-refractivity contribution >= 4 is 0 Å². The molecule has 0 saturated heterocycles. The molecule has 3 heteroatoms. The zero-order valence-electron chi connectivity index (χ0n) is 12.3. The van der Waals surface area contributed by atoms with Crippen molar-refractivity contribution in [2.45, 2.75) is 51.6 Å². The van der Waals surface area contributed by atoms with Crippen LogP contribution in [0.4, 0.5) is 0 Å². The predicted octanol–water partition coefficient (Wildman–Crippen LogP) is 3.03. The third-order valence-electron chi connectivity index (χ3n) is 4.19. The summed E-state index contributed by atoms with van der Waals surface area (Å²) in [6, 6.07) is 6.03. The molecule has 0 heterocycles. The summed E-state index contributed by atoms with van der Waals surface area (Å²) in [6.07, 6.45) is 8.45. The average Bonchev–Trinajstić information content (AvgIpc) is 2.52. The first-order valence-electron chi connectivity index (χ1n) is 7.89. The number of aliphatic hydroxyl groups is 1. The summed E-state index contributed by atoms with van der Waals surface area (Å²) in [4.78, 5) is 0.